The van der Waals surface area contributed by atoms with E-state index in [9.17, 15) is 29.8 Å². The largest absolute Gasteiger partial charge is 0.383 e. The molecule has 1 heterocycles. The minimum atomic E-state index is -0.666. The van der Waals surface area contributed by atoms with Gasteiger partial charge < -0.3 is 15.0 Å². The van der Waals surface area contributed by atoms with Crippen LogP contribution in [0, 0.1) is 20.2 Å². The first-order valence-corrected chi connectivity index (χ1v) is 11.2. The van der Waals surface area contributed by atoms with E-state index in [1.807, 2.05) is 0 Å². The monoisotopic (exact) mass is 498 g/mol. The van der Waals surface area contributed by atoms with Gasteiger partial charge in [0.1, 0.15) is 6.54 Å². The van der Waals surface area contributed by atoms with Crippen molar-refractivity contribution in [1.29, 1.82) is 0 Å². The van der Waals surface area contributed by atoms with Gasteiger partial charge in [0.15, 0.2) is 0 Å². The van der Waals surface area contributed by atoms with E-state index >= 15 is 0 Å². The summed E-state index contributed by atoms with van der Waals surface area (Å²) in [5, 5.41) is 30.7. The molecule has 190 valence electrons. The summed E-state index contributed by atoms with van der Waals surface area (Å²) in [6.45, 7) is 2.22. The maximum atomic E-state index is 13.4. The Labute approximate surface area is 206 Å². The number of carbonyl (C=O) groups excluding carboxylic acids is 2. The highest BCUT2D eigenvalue weighted by atomic mass is 16.6. The summed E-state index contributed by atoms with van der Waals surface area (Å²) >= 11 is 0. The lowest BCUT2D eigenvalue weighted by molar-refractivity contribution is -0.385. The van der Waals surface area contributed by atoms with Crippen LogP contribution >= 0.6 is 0 Å². The molecule has 0 radical (unpaired) electrons. The normalized spacial score (nSPS) is 14.8. The SMILES string of the molecule is CCNC(=O)N(CCOC)CC(=O)N1N=C(c2ccc([N+](=O)[O-])cc2)CC1c1cccc([N+](=O)[O-])c1. The number of carbonyl (C=O) groups is 2. The Morgan fingerprint density at radius 1 is 1.14 bits per heavy atom. The Morgan fingerprint density at radius 3 is 2.44 bits per heavy atom. The number of nitro benzene ring substituents is 2. The van der Waals surface area contributed by atoms with Gasteiger partial charge in [-0.05, 0) is 30.2 Å². The van der Waals surface area contributed by atoms with Gasteiger partial charge in [0.25, 0.3) is 17.3 Å². The number of hydrogen-bond donors (Lipinski definition) is 1. The van der Waals surface area contributed by atoms with Crippen molar-refractivity contribution in [2.75, 3.05) is 33.4 Å². The summed E-state index contributed by atoms with van der Waals surface area (Å²) in [6, 6.07) is 10.6. The highest BCUT2D eigenvalue weighted by Gasteiger charge is 2.35. The lowest BCUT2D eigenvalue weighted by Gasteiger charge is -2.27. The number of hydrogen-bond acceptors (Lipinski definition) is 8. The van der Waals surface area contributed by atoms with Crippen LogP contribution in [0.25, 0.3) is 0 Å². The summed E-state index contributed by atoms with van der Waals surface area (Å²) in [7, 11) is 1.48. The molecule has 0 spiro atoms. The first-order chi connectivity index (χ1) is 17.2. The molecule has 13 nitrogen and oxygen atoms in total. The number of hydrazone groups is 1. The van der Waals surface area contributed by atoms with Crippen LogP contribution in [0.15, 0.2) is 53.6 Å². The zero-order valence-electron chi connectivity index (χ0n) is 19.8. The number of methoxy groups -OCH3 is 1. The van der Waals surface area contributed by atoms with E-state index < -0.39 is 27.8 Å². The fourth-order valence-corrected chi connectivity index (χ4v) is 3.75. The van der Waals surface area contributed by atoms with Crippen molar-refractivity contribution in [2.24, 2.45) is 5.10 Å². The third kappa shape index (κ3) is 6.18. The molecule has 0 bridgehead atoms. The predicted octanol–water partition coefficient (Wildman–Crippen LogP) is 2.86. The minimum absolute atomic E-state index is 0.0868. The fourth-order valence-electron chi connectivity index (χ4n) is 3.75. The summed E-state index contributed by atoms with van der Waals surface area (Å²) in [5.41, 5.74) is 1.34. The maximum Gasteiger partial charge on any atom is 0.317 e. The van der Waals surface area contributed by atoms with Gasteiger partial charge in [-0.25, -0.2) is 9.80 Å². The molecule has 1 aliphatic heterocycles. The standard InChI is InChI=1S/C23H26N6O7/c1-3-24-23(31)26(11-12-36-2)15-22(30)27-21(17-5-4-6-19(13-17)29(34)35)14-20(25-27)16-7-9-18(10-8-16)28(32)33/h4-10,13,21H,3,11-12,14-15H2,1-2H3,(H,24,31). The van der Waals surface area contributed by atoms with E-state index in [0.717, 1.165) is 0 Å². The first-order valence-electron chi connectivity index (χ1n) is 11.2. The average molecular weight is 498 g/mol. The molecule has 2 aromatic carbocycles. The third-order valence-corrected chi connectivity index (χ3v) is 5.55. The van der Waals surface area contributed by atoms with Crippen molar-refractivity contribution in [3.63, 3.8) is 0 Å². The molecule has 1 aliphatic rings. The first kappa shape index (κ1) is 26.2. The second-order valence-corrected chi connectivity index (χ2v) is 7.91. The molecule has 3 amide bonds. The van der Waals surface area contributed by atoms with Gasteiger partial charge in [0.05, 0.1) is 28.2 Å². The molecule has 1 atom stereocenters. The van der Waals surface area contributed by atoms with Crippen molar-refractivity contribution in [3.8, 4) is 0 Å². The third-order valence-electron chi connectivity index (χ3n) is 5.55. The molecule has 1 unspecified atom stereocenters. The van der Waals surface area contributed by atoms with E-state index in [1.54, 1.807) is 13.0 Å². The van der Waals surface area contributed by atoms with E-state index in [0.29, 0.717) is 23.4 Å². The fraction of sp³-hybridized carbons (Fsp3) is 0.348. The number of rotatable bonds is 10. The van der Waals surface area contributed by atoms with Gasteiger partial charge in [-0.15, -0.1) is 0 Å². The molecule has 36 heavy (non-hydrogen) atoms. The molecule has 0 fully saturated rings. The van der Waals surface area contributed by atoms with Crippen molar-refractivity contribution in [1.82, 2.24) is 15.2 Å². The van der Waals surface area contributed by atoms with Gasteiger partial charge in [0.2, 0.25) is 0 Å². The van der Waals surface area contributed by atoms with Gasteiger partial charge in [-0.1, -0.05) is 12.1 Å². The van der Waals surface area contributed by atoms with Crippen LogP contribution in [-0.2, 0) is 9.53 Å². The van der Waals surface area contributed by atoms with E-state index in [2.05, 4.69) is 10.4 Å². The van der Waals surface area contributed by atoms with Crippen LogP contribution in [0.4, 0.5) is 16.2 Å². The molecule has 2 aromatic rings. The smallest absolute Gasteiger partial charge is 0.317 e. The van der Waals surface area contributed by atoms with Crippen LogP contribution in [0.1, 0.15) is 30.5 Å². The van der Waals surface area contributed by atoms with Crippen LogP contribution in [0.2, 0.25) is 0 Å². The molecule has 0 aromatic heterocycles. The van der Waals surface area contributed by atoms with Crippen molar-refractivity contribution >= 4 is 29.0 Å². The number of nitrogens with zero attached hydrogens (tertiary/aromatic N) is 5. The maximum absolute atomic E-state index is 13.4. The average Bonchev–Trinajstić information content (AvgIpc) is 3.32. The number of nitro groups is 2. The number of non-ortho nitro benzene ring substituents is 2. The highest BCUT2D eigenvalue weighted by Crippen LogP contribution is 2.34. The Morgan fingerprint density at radius 2 is 1.83 bits per heavy atom. The number of ether oxygens (including phenoxy) is 1. The van der Waals surface area contributed by atoms with Crippen molar-refractivity contribution in [3.05, 3.63) is 79.9 Å². The Balaban J connectivity index is 1.94. The molecular weight excluding hydrogens is 472 g/mol. The molecule has 0 saturated carbocycles. The number of benzene rings is 2. The predicted molar refractivity (Wildman–Crippen MR) is 129 cm³/mol. The molecule has 1 N–H and O–H groups in total. The summed E-state index contributed by atoms with van der Waals surface area (Å²) in [5.74, 6) is -0.495. The van der Waals surface area contributed by atoms with Crippen LogP contribution < -0.4 is 5.32 Å². The lowest BCUT2D eigenvalue weighted by atomic mass is 9.98. The van der Waals surface area contributed by atoms with Gasteiger partial charge in [0, 0.05) is 50.9 Å². The highest BCUT2D eigenvalue weighted by molar-refractivity contribution is 6.03. The van der Waals surface area contributed by atoms with E-state index in [-0.39, 0.29) is 37.5 Å². The van der Waals surface area contributed by atoms with Gasteiger partial charge >= 0.3 is 6.03 Å². The Kier molecular flexibility index (Phi) is 8.62. The Hall–Kier alpha value is -4.39. The van der Waals surface area contributed by atoms with E-state index in [4.69, 9.17) is 4.74 Å². The summed E-state index contributed by atoms with van der Waals surface area (Å²) in [6.07, 6.45) is 0.226. The quantitative estimate of drug-likeness (QED) is 0.389. The zero-order valence-corrected chi connectivity index (χ0v) is 19.8. The van der Waals surface area contributed by atoms with Crippen LogP contribution in [-0.4, -0.2) is 70.8 Å². The molecular formula is C23H26N6O7. The minimum Gasteiger partial charge on any atom is -0.383 e. The molecule has 0 aliphatic carbocycles. The molecule has 3 rings (SSSR count). The van der Waals surface area contributed by atoms with Crippen LogP contribution in [0.3, 0.4) is 0 Å². The molecule has 13 heteroatoms. The summed E-state index contributed by atoms with van der Waals surface area (Å²) < 4.78 is 5.05. The van der Waals surface area contributed by atoms with Crippen molar-refractivity contribution < 1.29 is 24.2 Å². The Bertz CT molecular complexity index is 1170. The number of urea groups is 1. The lowest BCUT2D eigenvalue weighted by Crippen LogP contribution is -2.47. The van der Waals surface area contributed by atoms with Gasteiger partial charge in [-0.3, -0.25) is 25.0 Å². The van der Waals surface area contributed by atoms with Crippen molar-refractivity contribution in [2.45, 2.75) is 19.4 Å². The number of amides is 3. The second kappa shape index (κ2) is 11.8. The van der Waals surface area contributed by atoms with E-state index in [1.165, 1.54) is 59.5 Å². The number of nitrogens with one attached hydrogen (secondary N) is 1. The zero-order chi connectivity index (χ0) is 26.2. The van der Waals surface area contributed by atoms with Gasteiger partial charge in [-0.2, -0.15) is 5.10 Å². The van der Waals surface area contributed by atoms with Crippen LogP contribution in [0.5, 0.6) is 0 Å². The topological polar surface area (TPSA) is 161 Å². The summed E-state index contributed by atoms with van der Waals surface area (Å²) in [4.78, 5) is 48.4. The second-order valence-electron chi connectivity index (χ2n) is 7.91. The molecule has 0 saturated heterocycles.